The maximum absolute atomic E-state index is 2.77. The van der Waals surface area contributed by atoms with E-state index in [1.807, 2.05) is 0 Å². The van der Waals surface area contributed by atoms with E-state index in [0.29, 0.717) is 5.41 Å². The Morgan fingerprint density at radius 3 is 1.69 bits per heavy atom. The van der Waals surface area contributed by atoms with Crippen LogP contribution in [0.15, 0.2) is 0 Å². The van der Waals surface area contributed by atoms with Crippen LogP contribution in [0.3, 0.4) is 0 Å². The number of fused-ring (bicyclic) bond motifs is 13. The zero-order chi connectivity index (χ0) is 36.6. The first-order valence-corrected chi connectivity index (χ1v) is 25.1. The van der Waals surface area contributed by atoms with Crippen molar-refractivity contribution in [1.29, 1.82) is 0 Å². The standard InChI is InChI=1S/C52H90/c1-11-33(12-2)37-26-43(34(13-3)14-4)50(32(9)10)52(29-37)46-28-41(30(5)6)39-21-17-18-22-40(39)48(46)49-44-25-36-24-23-35-19-15-16-20-38(35)47(36)45(44)27-42(31(7)8)51(49)52/h30-51H,11-29H2,1-10H3. The van der Waals surface area contributed by atoms with Crippen LogP contribution in [0.1, 0.15) is 191 Å². The fraction of sp³-hybridized carbons (Fsp3) is 1.00. The summed E-state index contributed by atoms with van der Waals surface area (Å²) in [6.45, 7) is 26.8. The minimum atomic E-state index is 0.582. The molecule has 52 heavy (non-hydrogen) atoms. The van der Waals surface area contributed by atoms with Crippen molar-refractivity contribution in [2.24, 2.45) is 136 Å². The Morgan fingerprint density at radius 1 is 0.462 bits per heavy atom. The fourth-order valence-corrected chi connectivity index (χ4v) is 20.0. The predicted octanol–water partition coefficient (Wildman–Crippen LogP) is 15.2. The molecule has 0 radical (unpaired) electrons. The van der Waals surface area contributed by atoms with Crippen molar-refractivity contribution in [2.45, 2.75) is 191 Å². The van der Waals surface area contributed by atoms with E-state index in [4.69, 9.17) is 0 Å². The zero-order valence-corrected chi connectivity index (χ0v) is 36.6. The van der Waals surface area contributed by atoms with E-state index in [1.54, 1.807) is 89.9 Å². The molecule has 8 aliphatic carbocycles. The lowest BCUT2D eigenvalue weighted by molar-refractivity contribution is -0.153. The summed E-state index contributed by atoms with van der Waals surface area (Å²) in [5, 5.41) is 0. The number of rotatable bonds is 9. The van der Waals surface area contributed by atoms with Crippen LogP contribution in [0.25, 0.3) is 0 Å². The molecular weight excluding hydrogens is 625 g/mol. The Kier molecular flexibility index (Phi) is 11.5. The van der Waals surface area contributed by atoms with E-state index >= 15 is 0 Å². The van der Waals surface area contributed by atoms with Gasteiger partial charge in [-0.15, -0.1) is 0 Å². The van der Waals surface area contributed by atoms with E-state index < -0.39 is 0 Å². The Labute approximate surface area is 325 Å². The van der Waals surface area contributed by atoms with Gasteiger partial charge in [0.2, 0.25) is 0 Å². The van der Waals surface area contributed by atoms with Gasteiger partial charge in [0.25, 0.3) is 0 Å². The van der Waals surface area contributed by atoms with E-state index in [0.717, 1.165) is 130 Å². The first-order valence-electron chi connectivity index (χ1n) is 25.1. The van der Waals surface area contributed by atoms with Crippen LogP contribution in [0.5, 0.6) is 0 Å². The molecule has 298 valence electrons. The minimum Gasteiger partial charge on any atom is -0.0651 e. The summed E-state index contributed by atoms with van der Waals surface area (Å²) in [7, 11) is 0. The molecule has 1 spiro atoms. The zero-order valence-electron chi connectivity index (χ0n) is 36.6. The molecule has 0 aliphatic heterocycles. The van der Waals surface area contributed by atoms with Crippen LogP contribution in [0.4, 0.5) is 0 Å². The van der Waals surface area contributed by atoms with Crippen molar-refractivity contribution in [3.8, 4) is 0 Å². The van der Waals surface area contributed by atoms with E-state index in [-0.39, 0.29) is 0 Å². The van der Waals surface area contributed by atoms with Gasteiger partial charge in [-0.1, -0.05) is 127 Å². The molecule has 0 saturated heterocycles. The summed E-state index contributed by atoms with van der Waals surface area (Å²) < 4.78 is 0. The highest BCUT2D eigenvalue weighted by molar-refractivity contribution is 5.22. The molecule has 8 saturated carbocycles. The topological polar surface area (TPSA) is 0 Å². The van der Waals surface area contributed by atoms with Gasteiger partial charge in [0, 0.05) is 0 Å². The van der Waals surface area contributed by atoms with Gasteiger partial charge in [0.05, 0.1) is 0 Å². The highest BCUT2D eigenvalue weighted by Crippen LogP contribution is 2.80. The average molecular weight is 715 g/mol. The molecule has 8 rings (SSSR count). The summed E-state index contributed by atoms with van der Waals surface area (Å²) >= 11 is 0. The molecule has 0 nitrogen and oxygen atoms in total. The molecule has 0 amide bonds. The minimum absolute atomic E-state index is 0.582. The average Bonchev–Trinajstić information content (AvgIpc) is 3.65. The summed E-state index contributed by atoms with van der Waals surface area (Å²) in [6.07, 6.45) is 29.6. The second-order valence-electron chi connectivity index (χ2n) is 23.3. The predicted molar refractivity (Wildman–Crippen MR) is 224 cm³/mol. The van der Waals surface area contributed by atoms with Gasteiger partial charge in [-0.2, -0.15) is 0 Å². The van der Waals surface area contributed by atoms with Gasteiger partial charge in [-0.3, -0.25) is 0 Å². The van der Waals surface area contributed by atoms with Gasteiger partial charge >= 0.3 is 0 Å². The van der Waals surface area contributed by atoms with Gasteiger partial charge in [0.15, 0.2) is 0 Å². The van der Waals surface area contributed by atoms with Crippen molar-refractivity contribution in [2.75, 3.05) is 0 Å². The summed E-state index contributed by atoms with van der Waals surface area (Å²) in [4.78, 5) is 0. The van der Waals surface area contributed by atoms with E-state index in [9.17, 15) is 0 Å². The van der Waals surface area contributed by atoms with E-state index in [2.05, 4.69) is 69.2 Å². The third-order valence-electron chi connectivity index (χ3n) is 21.2. The smallest absolute Gasteiger partial charge is 0.0196 e. The first kappa shape index (κ1) is 38.9. The number of hydrogen-bond acceptors (Lipinski definition) is 0. The maximum atomic E-state index is 2.77. The van der Waals surface area contributed by atoms with Crippen LogP contribution >= 0.6 is 0 Å². The SMILES string of the molecule is CCC(CC)C1CC(C(CC)CC)C(C(C)C)C2(C1)C1CC(C(C)C)C3CCCCC3C1C1C3CC4CCC5CCCCC5C4C3CC(C(C)C)C12. The van der Waals surface area contributed by atoms with Crippen LogP contribution in [0.2, 0.25) is 0 Å². The molecule has 0 aromatic rings. The molecule has 0 N–H and O–H groups in total. The van der Waals surface area contributed by atoms with Gasteiger partial charge < -0.3 is 0 Å². The molecular formula is C52H90. The summed E-state index contributed by atoms with van der Waals surface area (Å²) in [5.74, 6) is 22.1. The maximum Gasteiger partial charge on any atom is -0.0196 e. The third kappa shape index (κ3) is 5.95. The molecule has 18 unspecified atom stereocenters. The lowest BCUT2D eigenvalue weighted by atomic mass is 9.41. The number of hydrogen-bond donors (Lipinski definition) is 0. The quantitative estimate of drug-likeness (QED) is 0.223. The van der Waals surface area contributed by atoms with Crippen LogP contribution in [-0.2, 0) is 0 Å². The molecule has 0 bridgehead atoms. The molecule has 0 heteroatoms. The van der Waals surface area contributed by atoms with Crippen LogP contribution < -0.4 is 0 Å². The molecule has 8 fully saturated rings. The molecule has 0 heterocycles. The Balaban J connectivity index is 1.34. The fourth-order valence-electron chi connectivity index (χ4n) is 20.0. The van der Waals surface area contributed by atoms with Crippen molar-refractivity contribution < 1.29 is 0 Å². The highest BCUT2D eigenvalue weighted by atomic mass is 14.8. The molecule has 18 atom stereocenters. The lowest BCUT2D eigenvalue weighted by Crippen LogP contribution is -2.57. The van der Waals surface area contributed by atoms with Crippen LogP contribution in [0, 0.1) is 136 Å². The molecule has 0 aromatic carbocycles. The second-order valence-corrected chi connectivity index (χ2v) is 23.3. The van der Waals surface area contributed by atoms with Crippen LogP contribution in [-0.4, -0.2) is 0 Å². The molecule has 8 aliphatic rings. The Morgan fingerprint density at radius 2 is 1.06 bits per heavy atom. The van der Waals surface area contributed by atoms with E-state index in [1.165, 1.54) is 32.1 Å². The normalized spacial score (nSPS) is 50.0. The lowest BCUT2D eigenvalue weighted by Gasteiger charge is -2.63. The van der Waals surface area contributed by atoms with Crippen molar-refractivity contribution in [3.05, 3.63) is 0 Å². The second kappa shape index (κ2) is 15.4. The Bertz CT molecular complexity index is 1170. The summed E-state index contributed by atoms with van der Waals surface area (Å²) in [5.41, 5.74) is 0.582. The summed E-state index contributed by atoms with van der Waals surface area (Å²) in [6, 6.07) is 0. The first-order chi connectivity index (χ1) is 25.1. The van der Waals surface area contributed by atoms with Crippen molar-refractivity contribution in [3.63, 3.8) is 0 Å². The monoisotopic (exact) mass is 715 g/mol. The largest absolute Gasteiger partial charge is 0.0651 e. The van der Waals surface area contributed by atoms with Gasteiger partial charge in [-0.05, 0) is 200 Å². The van der Waals surface area contributed by atoms with Gasteiger partial charge in [0.1, 0.15) is 0 Å². The Hall–Kier alpha value is 0. The third-order valence-corrected chi connectivity index (χ3v) is 21.2. The molecule has 0 aromatic heterocycles. The van der Waals surface area contributed by atoms with Crippen molar-refractivity contribution in [1.82, 2.24) is 0 Å². The van der Waals surface area contributed by atoms with Gasteiger partial charge in [-0.25, -0.2) is 0 Å². The highest BCUT2D eigenvalue weighted by Gasteiger charge is 2.74. The van der Waals surface area contributed by atoms with Crippen molar-refractivity contribution >= 4 is 0 Å².